The van der Waals surface area contributed by atoms with Crippen molar-refractivity contribution < 1.29 is 14.3 Å². The first kappa shape index (κ1) is 25.5. The highest BCUT2D eigenvalue weighted by molar-refractivity contribution is 9.10. The molecule has 3 aromatic rings. The molecule has 0 aliphatic rings. The summed E-state index contributed by atoms with van der Waals surface area (Å²) in [6.07, 6.45) is 0. The highest BCUT2D eigenvalue weighted by Gasteiger charge is 2.16. The quantitative estimate of drug-likeness (QED) is 0.342. The second-order valence-electron chi connectivity index (χ2n) is 9.66. The predicted octanol–water partition coefficient (Wildman–Crippen LogP) is 7.29. The first-order valence-electron chi connectivity index (χ1n) is 11.3. The molecule has 34 heavy (non-hydrogen) atoms. The van der Waals surface area contributed by atoms with E-state index in [-0.39, 0.29) is 17.2 Å². The van der Waals surface area contributed by atoms with Crippen LogP contribution in [0.25, 0.3) is 0 Å². The number of hydrogen-bond donors (Lipinski definition) is 2. The van der Waals surface area contributed by atoms with Crippen LogP contribution in [0.3, 0.4) is 0 Å². The highest BCUT2D eigenvalue weighted by Crippen LogP contribution is 2.26. The molecule has 0 aliphatic heterocycles. The predicted molar refractivity (Wildman–Crippen MR) is 142 cm³/mol. The molecular weight excluding hydrogens is 492 g/mol. The maximum Gasteiger partial charge on any atom is 0.259 e. The molecule has 0 unspecified atom stereocenters. The van der Waals surface area contributed by atoms with Crippen LogP contribution in [0.15, 0.2) is 71.2 Å². The normalized spacial score (nSPS) is 11.3. The van der Waals surface area contributed by atoms with E-state index in [2.05, 4.69) is 61.2 Å². The van der Waals surface area contributed by atoms with Gasteiger partial charge in [-0.2, -0.15) is 0 Å². The van der Waals surface area contributed by atoms with Crippen molar-refractivity contribution in [3.05, 3.63) is 87.9 Å². The second kappa shape index (κ2) is 10.9. The van der Waals surface area contributed by atoms with Crippen molar-refractivity contribution in [1.82, 2.24) is 0 Å². The number of carbonyl (C=O) groups excluding carboxylic acids is 2. The Morgan fingerprint density at radius 1 is 0.853 bits per heavy atom. The van der Waals surface area contributed by atoms with Crippen LogP contribution < -0.4 is 15.4 Å². The van der Waals surface area contributed by atoms with Crippen LogP contribution in [-0.2, 0) is 5.41 Å². The van der Waals surface area contributed by atoms with E-state index in [1.165, 1.54) is 5.56 Å². The summed E-state index contributed by atoms with van der Waals surface area (Å²) in [4.78, 5) is 25.5. The molecular formula is C28H31BrN2O3. The summed E-state index contributed by atoms with van der Waals surface area (Å²) in [7, 11) is 0. The van der Waals surface area contributed by atoms with Crippen molar-refractivity contribution in [2.24, 2.45) is 5.92 Å². The van der Waals surface area contributed by atoms with E-state index >= 15 is 0 Å². The Morgan fingerprint density at radius 3 is 1.94 bits per heavy atom. The second-order valence-corrected chi connectivity index (χ2v) is 10.6. The Labute approximate surface area is 210 Å². The van der Waals surface area contributed by atoms with Gasteiger partial charge in [0.2, 0.25) is 0 Å². The molecule has 2 N–H and O–H groups in total. The van der Waals surface area contributed by atoms with Crippen molar-refractivity contribution in [3.8, 4) is 5.75 Å². The number of carbonyl (C=O) groups is 2. The van der Waals surface area contributed by atoms with E-state index in [9.17, 15) is 9.59 Å². The molecule has 0 atom stereocenters. The summed E-state index contributed by atoms with van der Waals surface area (Å²) in [5.74, 6) is 0.434. The number of nitrogens with one attached hydrogen (secondary N) is 2. The first-order chi connectivity index (χ1) is 16.0. The van der Waals surface area contributed by atoms with Crippen LogP contribution in [0, 0.1) is 5.92 Å². The van der Waals surface area contributed by atoms with Gasteiger partial charge in [0.15, 0.2) is 0 Å². The molecule has 0 aromatic heterocycles. The number of rotatable bonds is 7. The number of benzene rings is 3. The monoisotopic (exact) mass is 522 g/mol. The van der Waals surface area contributed by atoms with Gasteiger partial charge < -0.3 is 15.4 Å². The Kier molecular flexibility index (Phi) is 8.15. The largest absolute Gasteiger partial charge is 0.492 e. The Balaban J connectivity index is 1.65. The van der Waals surface area contributed by atoms with Gasteiger partial charge in [-0.15, -0.1) is 0 Å². The Morgan fingerprint density at radius 2 is 1.41 bits per heavy atom. The molecule has 0 spiro atoms. The minimum absolute atomic E-state index is 0.0341. The number of anilines is 2. The zero-order valence-corrected chi connectivity index (χ0v) is 21.8. The third kappa shape index (κ3) is 6.94. The number of halogens is 1. The van der Waals surface area contributed by atoms with Crippen LogP contribution in [0.4, 0.5) is 11.4 Å². The standard InChI is InChI=1S/C28H31BrN2O3/c1-18(2)17-34-25-15-10-21(29)16-24(25)27(33)31-23-13-11-22(12-14-23)30-26(32)19-6-8-20(9-7-19)28(3,4)5/h6-16,18H,17H2,1-5H3,(H,30,32)(H,31,33). The minimum Gasteiger partial charge on any atom is -0.492 e. The molecule has 0 saturated carbocycles. The first-order valence-corrected chi connectivity index (χ1v) is 12.1. The van der Waals surface area contributed by atoms with Crippen molar-refractivity contribution >= 4 is 39.1 Å². The van der Waals surface area contributed by atoms with Gasteiger partial charge in [-0.1, -0.05) is 62.7 Å². The molecule has 0 saturated heterocycles. The fourth-order valence-corrected chi connectivity index (χ4v) is 3.58. The summed E-state index contributed by atoms with van der Waals surface area (Å²) in [5.41, 5.74) is 3.51. The number of ether oxygens (including phenoxy) is 1. The third-order valence-electron chi connectivity index (χ3n) is 5.17. The van der Waals surface area contributed by atoms with E-state index in [0.29, 0.717) is 40.8 Å². The fourth-order valence-electron chi connectivity index (χ4n) is 3.22. The molecule has 2 amide bonds. The van der Waals surface area contributed by atoms with Crippen LogP contribution in [0.2, 0.25) is 0 Å². The lowest BCUT2D eigenvalue weighted by Gasteiger charge is -2.19. The van der Waals surface area contributed by atoms with E-state index in [1.54, 1.807) is 36.4 Å². The van der Waals surface area contributed by atoms with Gasteiger partial charge in [-0.3, -0.25) is 9.59 Å². The average Bonchev–Trinajstić information content (AvgIpc) is 2.79. The van der Waals surface area contributed by atoms with E-state index in [4.69, 9.17) is 4.74 Å². The summed E-state index contributed by atoms with van der Waals surface area (Å²) in [6, 6.07) is 20.0. The van der Waals surface area contributed by atoms with Gasteiger partial charge in [0.05, 0.1) is 12.2 Å². The van der Waals surface area contributed by atoms with Crippen molar-refractivity contribution in [2.45, 2.75) is 40.0 Å². The zero-order chi connectivity index (χ0) is 24.9. The Bertz CT molecular complexity index is 1150. The SMILES string of the molecule is CC(C)COc1ccc(Br)cc1C(=O)Nc1ccc(NC(=O)c2ccc(C(C)(C)C)cc2)cc1. The minimum atomic E-state index is -0.268. The van der Waals surface area contributed by atoms with Crippen LogP contribution >= 0.6 is 15.9 Å². The maximum absolute atomic E-state index is 12.9. The molecule has 0 heterocycles. The lowest BCUT2D eigenvalue weighted by atomic mass is 9.87. The molecule has 0 bridgehead atoms. The molecule has 3 aromatic carbocycles. The van der Waals surface area contributed by atoms with Gasteiger partial charge >= 0.3 is 0 Å². The summed E-state index contributed by atoms with van der Waals surface area (Å²) in [5, 5.41) is 5.79. The molecule has 5 nitrogen and oxygen atoms in total. The van der Waals surface area contributed by atoms with Gasteiger partial charge in [-0.25, -0.2) is 0 Å². The maximum atomic E-state index is 12.9. The Hall–Kier alpha value is -3.12. The van der Waals surface area contributed by atoms with Crippen LogP contribution in [0.5, 0.6) is 5.75 Å². The lowest BCUT2D eigenvalue weighted by Crippen LogP contribution is -2.15. The smallest absolute Gasteiger partial charge is 0.259 e. The van der Waals surface area contributed by atoms with Gasteiger partial charge in [-0.05, 0) is 71.5 Å². The summed E-state index contributed by atoms with van der Waals surface area (Å²) >= 11 is 3.42. The number of amides is 2. The molecule has 0 radical (unpaired) electrons. The molecule has 178 valence electrons. The van der Waals surface area contributed by atoms with Gasteiger partial charge in [0, 0.05) is 21.4 Å². The van der Waals surface area contributed by atoms with E-state index in [1.807, 2.05) is 30.3 Å². The van der Waals surface area contributed by atoms with E-state index < -0.39 is 0 Å². The fraction of sp³-hybridized carbons (Fsp3) is 0.286. The third-order valence-corrected chi connectivity index (χ3v) is 5.67. The van der Waals surface area contributed by atoms with Crippen LogP contribution in [-0.4, -0.2) is 18.4 Å². The zero-order valence-electron chi connectivity index (χ0n) is 20.2. The van der Waals surface area contributed by atoms with Crippen molar-refractivity contribution in [3.63, 3.8) is 0 Å². The summed E-state index contributed by atoms with van der Waals surface area (Å²) in [6.45, 7) is 11.0. The highest BCUT2D eigenvalue weighted by atomic mass is 79.9. The van der Waals surface area contributed by atoms with Crippen LogP contribution in [0.1, 0.15) is 60.9 Å². The molecule has 0 aliphatic carbocycles. The van der Waals surface area contributed by atoms with Crippen molar-refractivity contribution in [1.29, 1.82) is 0 Å². The topological polar surface area (TPSA) is 67.4 Å². The average molecular weight is 523 g/mol. The molecule has 3 rings (SSSR count). The van der Waals surface area contributed by atoms with Gasteiger partial charge in [0.1, 0.15) is 5.75 Å². The van der Waals surface area contributed by atoms with E-state index in [0.717, 1.165) is 4.47 Å². The summed E-state index contributed by atoms with van der Waals surface area (Å²) < 4.78 is 6.61. The van der Waals surface area contributed by atoms with Crippen molar-refractivity contribution in [2.75, 3.05) is 17.2 Å². The lowest BCUT2D eigenvalue weighted by molar-refractivity contribution is 0.101. The number of hydrogen-bond acceptors (Lipinski definition) is 3. The molecule has 0 fully saturated rings. The molecule has 6 heteroatoms. The van der Waals surface area contributed by atoms with Gasteiger partial charge in [0.25, 0.3) is 11.8 Å².